The van der Waals surface area contributed by atoms with Crippen LogP contribution in [-0.4, -0.2) is 24.2 Å². The molecule has 0 saturated heterocycles. The summed E-state index contributed by atoms with van der Waals surface area (Å²) in [5, 5.41) is 6.69. The van der Waals surface area contributed by atoms with E-state index in [9.17, 15) is 0 Å². The van der Waals surface area contributed by atoms with Gasteiger partial charge < -0.3 is 20.1 Å². The fraction of sp³-hybridized carbons (Fsp3) is 0.273. The third-order valence-electron chi connectivity index (χ3n) is 4.39. The third-order valence-corrected chi connectivity index (χ3v) is 4.39. The lowest BCUT2D eigenvalue weighted by molar-refractivity contribution is 0.354. The molecule has 146 valence electrons. The van der Waals surface area contributed by atoms with Gasteiger partial charge in [-0.3, -0.25) is 0 Å². The quantitative estimate of drug-likeness (QED) is 0.591. The maximum atomic E-state index is 5.36. The van der Waals surface area contributed by atoms with E-state index < -0.39 is 0 Å². The molecule has 0 amide bonds. The Morgan fingerprint density at radius 3 is 2.18 bits per heavy atom. The highest BCUT2D eigenvalue weighted by atomic mass is 16.5. The first kappa shape index (κ1) is 19.5. The SMILES string of the molecule is CCc1ccc(Nc2cc(NCc3ccc(OC)c(OC)c3)nc(C)n2)cc1. The van der Waals surface area contributed by atoms with Crippen molar-refractivity contribution in [3.8, 4) is 11.5 Å². The van der Waals surface area contributed by atoms with Crippen LogP contribution in [0.15, 0.2) is 48.5 Å². The second-order valence-corrected chi connectivity index (χ2v) is 6.40. The molecule has 0 saturated carbocycles. The minimum atomic E-state index is 0.613. The normalized spacial score (nSPS) is 10.4. The van der Waals surface area contributed by atoms with Gasteiger partial charge in [-0.05, 0) is 48.7 Å². The first-order valence-electron chi connectivity index (χ1n) is 9.27. The summed E-state index contributed by atoms with van der Waals surface area (Å²) in [5.74, 6) is 3.63. The highest BCUT2D eigenvalue weighted by molar-refractivity contribution is 5.59. The molecule has 0 unspecified atom stereocenters. The smallest absolute Gasteiger partial charge is 0.161 e. The van der Waals surface area contributed by atoms with Crippen molar-refractivity contribution in [2.24, 2.45) is 0 Å². The van der Waals surface area contributed by atoms with Crippen molar-refractivity contribution >= 4 is 17.3 Å². The summed E-state index contributed by atoms with van der Waals surface area (Å²) in [4.78, 5) is 8.95. The molecule has 0 aliphatic heterocycles. The number of ether oxygens (including phenoxy) is 2. The van der Waals surface area contributed by atoms with Gasteiger partial charge in [-0.15, -0.1) is 0 Å². The Bertz CT molecular complexity index is 926. The van der Waals surface area contributed by atoms with Crippen LogP contribution in [0.5, 0.6) is 11.5 Å². The van der Waals surface area contributed by atoms with Gasteiger partial charge in [0.2, 0.25) is 0 Å². The van der Waals surface area contributed by atoms with Crippen molar-refractivity contribution in [1.29, 1.82) is 0 Å². The number of rotatable bonds is 8. The lowest BCUT2D eigenvalue weighted by atomic mass is 10.1. The van der Waals surface area contributed by atoms with Gasteiger partial charge in [-0.25, -0.2) is 9.97 Å². The first-order valence-corrected chi connectivity index (χ1v) is 9.27. The maximum Gasteiger partial charge on any atom is 0.161 e. The van der Waals surface area contributed by atoms with Crippen LogP contribution in [0.25, 0.3) is 0 Å². The molecule has 28 heavy (non-hydrogen) atoms. The monoisotopic (exact) mass is 378 g/mol. The van der Waals surface area contributed by atoms with E-state index in [2.05, 4.69) is 51.8 Å². The van der Waals surface area contributed by atoms with Crippen LogP contribution >= 0.6 is 0 Å². The highest BCUT2D eigenvalue weighted by Crippen LogP contribution is 2.28. The van der Waals surface area contributed by atoms with Crippen molar-refractivity contribution in [2.75, 3.05) is 24.9 Å². The number of nitrogens with zero attached hydrogens (tertiary/aromatic N) is 2. The van der Waals surface area contributed by atoms with E-state index in [-0.39, 0.29) is 0 Å². The minimum absolute atomic E-state index is 0.613. The summed E-state index contributed by atoms with van der Waals surface area (Å²) in [6, 6.07) is 16.1. The molecule has 1 aromatic heterocycles. The second kappa shape index (κ2) is 9.08. The van der Waals surface area contributed by atoms with E-state index in [0.29, 0.717) is 23.9 Å². The summed E-state index contributed by atoms with van der Waals surface area (Å²) in [7, 11) is 3.26. The number of aromatic nitrogens is 2. The van der Waals surface area contributed by atoms with Crippen molar-refractivity contribution in [1.82, 2.24) is 9.97 Å². The average molecular weight is 378 g/mol. The number of hydrogen-bond acceptors (Lipinski definition) is 6. The molecule has 0 atom stereocenters. The predicted molar refractivity (Wildman–Crippen MR) is 113 cm³/mol. The molecule has 3 rings (SSSR count). The van der Waals surface area contributed by atoms with Crippen molar-refractivity contribution in [3.05, 3.63) is 65.5 Å². The van der Waals surface area contributed by atoms with Crippen molar-refractivity contribution in [2.45, 2.75) is 26.8 Å². The first-order chi connectivity index (χ1) is 13.6. The minimum Gasteiger partial charge on any atom is -0.493 e. The Balaban J connectivity index is 1.70. The third kappa shape index (κ3) is 4.91. The van der Waals surface area contributed by atoms with Gasteiger partial charge in [0, 0.05) is 18.3 Å². The largest absolute Gasteiger partial charge is 0.493 e. The van der Waals surface area contributed by atoms with Crippen LogP contribution in [0.2, 0.25) is 0 Å². The number of methoxy groups -OCH3 is 2. The Morgan fingerprint density at radius 2 is 1.50 bits per heavy atom. The lowest BCUT2D eigenvalue weighted by Crippen LogP contribution is -2.05. The molecular formula is C22H26N4O2. The zero-order chi connectivity index (χ0) is 19.9. The Labute approximate surface area is 166 Å². The molecule has 3 aromatic rings. The van der Waals surface area contributed by atoms with Crippen LogP contribution in [-0.2, 0) is 13.0 Å². The maximum absolute atomic E-state index is 5.36. The number of hydrogen-bond donors (Lipinski definition) is 2. The van der Waals surface area contributed by atoms with Gasteiger partial charge >= 0.3 is 0 Å². The van der Waals surface area contributed by atoms with Gasteiger partial charge in [0.25, 0.3) is 0 Å². The predicted octanol–water partition coefficient (Wildman–Crippen LogP) is 4.72. The molecule has 2 aromatic carbocycles. The molecule has 6 heteroatoms. The summed E-state index contributed by atoms with van der Waals surface area (Å²) < 4.78 is 10.6. The van der Waals surface area contributed by atoms with Gasteiger partial charge in [-0.1, -0.05) is 25.1 Å². The van der Waals surface area contributed by atoms with E-state index in [0.717, 1.165) is 29.3 Å². The molecule has 0 radical (unpaired) electrons. The van der Waals surface area contributed by atoms with E-state index in [1.807, 2.05) is 31.2 Å². The summed E-state index contributed by atoms with van der Waals surface area (Å²) in [6.45, 7) is 4.64. The number of anilines is 3. The summed E-state index contributed by atoms with van der Waals surface area (Å²) >= 11 is 0. The Kier molecular flexibility index (Phi) is 6.32. The molecule has 1 heterocycles. The highest BCUT2D eigenvalue weighted by Gasteiger charge is 2.06. The average Bonchev–Trinajstić information content (AvgIpc) is 2.72. The molecule has 0 aliphatic carbocycles. The number of aryl methyl sites for hydroxylation is 2. The van der Waals surface area contributed by atoms with Crippen LogP contribution in [0.3, 0.4) is 0 Å². The molecule has 0 aliphatic rings. The molecule has 0 spiro atoms. The van der Waals surface area contributed by atoms with Gasteiger partial charge in [0.05, 0.1) is 14.2 Å². The molecule has 6 nitrogen and oxygen atoms in total. The number of benzene rings is 2. The number of nitrogens with one attached hydrogen (secondary N) is 2. The Hall–Kier alpha value is -3.28. The lowest BCUT2D eigenvalue weighted by Gasteiger charge is -2.12. The zero-order valence-electron chi connectivity index (χ0n) is 16.7. The summed E-state index contributed by atoms with van der Waals surface area (Å²) in [5.41, 5.74) is 3.38. The fourth-order valence-electron chi connectivity index (χ4n) is 2.88. The van der Waals surface area contributed by atoms with Crippen LogP contribution in [0, 0.1) is 6.92 Å². The van der Waals surface area contributed by atoms with E-state index >= 15 is 0 Å². The summed E-state index contributed by atoms with van der Waals surface area (Å²) in [6.07, 6.45) is 1.02. The van der Waals surface area contributed by atoms with E-state index in [4.69, 9.17) is 9.47 Å². The van der Waals surface area contributed by atoms with Crippen LogP contribution in [0.4, 0.5) is 17.3 Å². The van der Waals surface area contributed by atoms with E-state index in [1.165, 1.54) is 5.56 Å². The molecule has 2 N–H and O–H groups in total. The van der Waals surface area contributed by atoms with Gasteiger partial charge in [0.15, 0.2) is 11.5 Å². The van der Waals surface area contributed by atoms with Crippen LogP contribution < -0.4 is 20.1 Å². The topological polar surface area (TPSA) is 68.3 Å². The Morgan fingerprint density at radius 1 is 0.821 bits per heavy atom. The van der Waals surface area contributed by atoms with E-state index in [1.54, 1.807) is 14.2 Å². The van der Waals surface area contributed by atoms with Crippen molar-refractivity contribution < 1.29 is 9.47 Å². The fourth-order valence-corrected chi connectivity index (χ4v) is 2.88. The second-order valence-electron chi connectivity index (χ2n) is 6.40. The van der Waals surface area contributed by atoms with Gasteiger partial charge in [-0.2, -0.15) is 0 Å². The molecule has 0 fully saturated rings. The standard InChI is InChI=1S/C22H26N4O2/c1-5-16-6-9-18(10-7-16)26-22-13-21(24-15(2)25-22)23-14-17-8-11-19(27-3)20(12-17)28-4/h6-13H,5,14H2,1-4H3,(H2,23,24,25,26). The van der Waals surface area contributed by atoms with Crippen LogP contribution in [0.1, 0.15) is 23.9 Å². The molecular weight excluding hydrogens is 352 g/mol. The zero-order valence-corrected chi connectivity index (χ0v) is 16.7. The van der Waals surface area contributed by atoms with Gasteiger partial charge in [0.1, 0.15) is 17.5 Å². The van der Waals surface area contributed by atoms with Crippen molar-refractivity contribution in [3.63, 3.8) is 0 Å². The molecule has 0 bridgehead atoms.